The van der Waals surface area contributed by atoms with Gasteiger partial charge in [-0.2, -0.15) is 4.98 Å². The quantitative estimate of drug-likeness (QED) is 0.352. The third-order valence-electron chi connectivity index (χ3n) is 4.52. The highest BCUT2D eigenvalue weighted by molar-refractivity contribution is 5.83. The molecule has 1 saturated heterocycles. The molecule has 1 aromatic heterocycles. The fourth-order valence-electron chi connectivity index (χ4n) is 2.99. The first-order valence-corrected chi connectivity index (χ1v) is 9.04. The summed E-state index contributed by atoms with van der Waals surface area (Å²) in [6, 6.07) is -3.24. The molecule has 2 heterocycles. The highest BCUT2D eigenvalue weighted by Crippen LogP contribution is 2.23. The highest BCUT2D eigenvalue weighted by Gasteiger charge is 2.39. The minimum Gasteiger partial charge on any atom is -0.563 e. The Balaban J connectivity index is 2.11. The molecule has 0 saturated carbocycles. The second kappa shape index (κ2) is 9.82. The summed E-state index contributed by atoms with van der Waals surface area (Å²) >= 11 is 0. The minimum absolute atomic E-state index is 0.0382. The normalized spacial score (nSPS) is 18.2. The van der Waals surface area contributed by atoms with Gasteiger partial charge in [-0.3, -0.25) is 9.59 Å². The van der Waals surface area contributed by atoms with Crippen LogP contribution in [0.15, 0.2) is 4.52 Å². The zero-order valence-corrected chi connectivity index (χ0v) is 15.5. The molecule has 0 bridgehead atoms. The van der Waals surface area contributed by atoms with Crippen molar-refractivity contribution in [3.63, 3.8) is 0 Å². The Labute approximate surface area is 164 Å². The van der Waals surface area contributed by atoms with Crippen molar-refractivity contribution in [2.45, 2.75) is 56.7 Å². The van der Waals surface area contributed by atoms with Crippen LogP contribution in [0.2, 0.25) is 0 Å². The van der Waals surface area contributed by atoms with Gasteiger partial charge in [-0.05, 0) is 25.7 Å². The van der Waals surface area contributed by atoms with Crippen LogP contribution in [0.3, 0.4) is 0 Å². The SMILES string of the molecule is N[C@@H](CCC(=O)O)c1noc([C@H](CCC(=O)O)NC(=O)N2CCCC2C(=O)[OH2+])n1. The van der Waals surface area contributed by atoms with Gasteiger partial charge in [0.1, 0.15) is 6.04 Å². The van der Waals surface area contributed by atoms with Crippen LogP contribution in [0.1, 0.15) is 62.3 Å². The monoisotopic (exact) mass is 414 g/mol. The van der Waals surface area contributed by atoms with Gasteiger partial charge in [-0.25, -0.2) is 4.79 Å². The summed E-state index contributed by atoms with van der Waals surface area (Å²) < 4.78 is 5.11. The van der Waals surface area contributed by atoms with Gasteiger partial charge < -0.3 is 35.8 Å². The summed E-state index contributed by atoms with van der Waals surface area (Å²) in [5, 5.41) is 31.2. The average molecular weight is 414 g/mol. The van der Waals surface area contributed by atoms with Gasteiger partial charge in [0.05, 0.1) is 6.04 Å². The molecule has 13 heteroatoms. The van der Waals surface area contributed by atoms with Gasteiger partial charge in [-0.15, -0.1) is 0 Å². The topological polar surface area (TPSA) is 212 Å². The Morgan fingerprint density at radius 1 is 1.24 bits per heavy atom. The summed E-state index contributed by atoms with van der Waals surface area (Å²) in [7, 11) is 0. The summed E-state index contributed by atoms with van der Waals surface area (Å²) in [5.41, 5.74) is 5.83. The second-order valence-corrected chi connectivity index (χ2v) is 6.68. The first kappa shape index (κ1) is 22.1. The van der Waals surface area contributed by atoms with E-state index in [9.17, 15) is 19.2 Å². The van der Waals surface area contributed by atoms with Crippen molar-refractivity contribution in [1.29, 1.82) is 0 Å². The average Bonchev–Trinajstić information content (AvgIpc) is 3.32. The molecule has 1 unspecified atom stereocenters. The molecule has 0 aliphatic carbocycles. The number of rotatable bonds is 10. The summed E-state index contributed by atoms with van der Waals surface area (Å²) in [6.07, 6.45) is 0.489. The zero-order chi connectivity index (χ0) is 21.6. The van der Waals surface area contributed by atoms with E-state index in [2.05, 4.69) is 15.5 Å². The molecule has 29 heavy (non-hydrogen) atoms. The first-order valence-electron chi connectivity index (χ1n) is 9.04. The van der Waals surface area contributed by atoms with E-state index in [1.165, 1.54) is 4.90 Å². The minimum atomic E-state index is -1.09. The molecule has 0 aromatic carbocycles. The fraction of sp³-hybridized carbons (Fsp3) is 0.625. The van der Waals surface area contributed by atoms with Crippen LogP contribution in [-0.4, -0.2) is 66.9 Å². The van der Waals surface area contributed by atoms with Crippen molar-refractivity contribution in [2.24, 2.45) is 5.73 Å². The van der Waals surface area contributed by atoms with Crippen molar-refractivity contribution in [3.05, 3.63) is 11.7 Å². The lowest BCUT2D eigenvalue weighted by molar-refractivity contribution is -0.141. The van der Waals surface area contributed by atoms with Gasteiger partial charge in [0.25, 0.3) is 0 Å². The van der Waals surface area contributed by atoms with Gasteiger partial charge in [-0.1, -0.05) is 5.16 Å². The van der Waals surface area contributed by atoms with Gasteiger partial charge >= 0.3 is 23.9 Å². The predicted octanol–water partition coefficient (Wildman–Crippen LogP) is -0.735. The van der Waals surface area contributed by atoms with Gasteiger partial charge in [0.15, 0.2) is 11.9 Å². The number of nitrogens with one attached hydrogen (secondary N) is 1. The van der Waals surface area contributed by atoms with Crippen LogP contribution in [0, 0.1) is 0 Å². The Hall–Kier alpha value is -3.22. The molecule has 1 aliphatic rings. The number of likely N-dealkylation sites (tertiary alicyclic amines) is 1. The molecule has 3 atom stereocenters. The standard InChI is InChI=1S/C16H23N5O8/c17-8(3-5-11(22)23)13-19-14(29-20-13)9(4-6-12(24)25)18-16(28)21-7-1-2-10(21)15(26)27/h8-10H,1-7,17H2,(H,18,28)(H,22,23)(H,24,25)(H,26,27)/p+1/t8-,9-,10?/m0/s1. The molecular formula is C16H24N5O8+. The highest BCUT2D eigenvalue weighted by atomic mass is 16.5. The van der Waals surface area contributed by atoms with E-state index < -0.39 is 42.1 Å². The number of hydrogen-bond donors (Lipinski definition) is 4. The molecule has 0 radical (unpaired) electrons. The van der Waals surface area contributed by atoms with Crippen LogP contribution in [0.25, 0.3) is 0 Å². The number of carbonyl (C=O) groups excluding carboxylic acids is 2. The molecule has 160 valence electrons. The van der Waals surface area contributed by atoms with Gasteiger partial charge in [0, 0.05) is 24.2 Å². The third kappa shape index (κ3) is 6.14. The molecule has 2 rings (SSSR count). The summed E-state index contributed by atoms with van der Waals surface area (Å²) in [4.78, 5) is 50.8. The smallest absolute Gasteiger partial charge is 0.538 e. The third-order valence-corrected chi connectivity index (χ3v) is 4.52. The maximum atomic E-state index is 12.6. The molecular weight excluding hydrogens is 390 g/mol. The Morgan fingerprint density at radius 2 is 1.90 bits per heavy atom. The van der Waals surface area contributed by atoms with E-state index in [0.717, 1.165) is 0 Å². The Morgan fingerprint density at radius 3 is 2.52 bits per heavy atom. The van der Waals surface area contributed by atoms with Crippen LogP contribution >= 0.6 is 0 Å². The zero-order valence-electron chi connectivity index (χ0n) is 15.5. The lowest BCUT2D eigenvalue weighted by Gasteiger charge is -2.22. The number of hydrogen-bond acceptors (Lipinski definition) is 8. The van der Waals surface area contributed by atoms with Crippen LogP contribution < -0.4 is 11.1 Å². The van der Waals surface area contributed by atoms with Crippen LogP contribution in [-0.2, 0) is 14.4 Å². The van der Waals surface area contributed by atoms with E-state index in [-0.39, 0.29) is 37.4 Å². The number of carboxylic acids is 2. The lowest BCUT2D eigenvalue weighted by Crippen LogP contribution is -2.47. The molecule has 7 N–H and O–H groups in total. The van der Waals surface area contributed by atoms with Crippen molar-refractivity contribution < 1.29 is 39.0 Å². The number of aliphatic carboxylic acids is 2. The summed E-state index contributed by atoms with van der Waals surface area (Å²) in [5.74, 6) is -3.03. The first-order chi connectivity index (χ1) is 13.7. The van der Waals surface area contributed by atoms with Crippen LogP contribution in [0.5, 0.6) is 0 Å². The van der Waals surface area contributed by atoms with E-state index in [0.29, 0.717) is 19.4 Å². The Bertz CT molecular complexity index is 766. The number of carbonyl (C=O) groups is 4. The fourth-order valence-corrected chi connectivity index (χ4v) is 2.99. The number of nitrogens with zero attached hydrogens (tertiary/aromatic N) is 3. The van der Waals surface area contributed by atoms with Crippen molar-refractivity contribution in [2.75, 3.05) is 6.54 Å². The molecule has 0 spiro atoms. The van der Waals surface area contributed by atoms with E-state index >= 15 is 0 Å². The molecule has 1 aromatic rings. The van der Waals surface area contributed by atoms with E-state index in [1.54, 1.807) is 0 Å². The lowest BCUT2D eigenvalue weighted by atomic mass is 10.1. The van der Waals surface area contributed by atoms with Crippen molar-refractivity contribution >= 4 is 23.9 Å². The number of aromatic nitrogens is 2. The molecule has 13 nitrogen and oxygen atoms in total. The van der Waals surface area contributed by atoms with Crippen molar-refractivity contribution in [3.8, 4) is 0 Å². The largest absolute Gasteiger partial charge is 0.563 e. The molecule has 1 fully saturated rings. The van der Waals surface area contributed by atoms with Gasteiger partial charge in [0.2, 0.25) is 5.89 Å². The number of nitrogens with two attached hydrogens (primary N) is 1. The second-order valence-electron chi connectivity index (χ2n) is 6.68. The van der Waals surface area contributed by atoms with Crippen molar-refractivity contribution in [1.82, 2.24) is 20.4 Å². The molecule has 1 aliphatic heterocycles. The number of urea groups is 1. The molecule has 2 amide bonds. The summed E-state index contributed by atoms with van der Waals surface area (Å²) in [6.45, 7) is 0.294. The maximum absolute atomic E-state index is 12.6. The Kier molecular flexibility index (Phi) is 7.47. The van der Waals surface area contributed by atoms with Crippen LogP contribution in [0.4, 0.5) is 4.79 Å². The predicted molar refractivity (Wildman–Crippen MR) is 94.6 cm³/mol. The number of carboxylic acid groups (broad SMARTS) is 2. The van der Waals surface area contributed by atoms with E-state index in [1.807, 2.05) is 0 Å². The van der Waals surface area contributed by atoms with E-state index in [4.69, 9.17) is 25.6 Å². The maximum Gasteiger partial charge on any atom is 0.538 e. The number of amides is 2.